The molecule has 1 heterocycles. The zero-order valence-electron chi connectivity index (χ0n) is 18.9. The molecule has 3 aliphatic rings. The van der Waals surface area contributed by atoms with E-state index in [1.165, 1.54) is 5.56 Å². The van der Waals surface area contributed by atoms with Crippen molar-refractivity contribution < 1.29 is 27.8 Å². The first-order chi connectivity index (χ1) is 14.6. The van der Waals surface area contributed by atoms with E-state index in [1.807, 2.05) is 13.8 Å². The molecule has 1 aromatic carbocycles. The van der Waals surface area contributed by atoms with Crippen LogP contribution in [0.4, 0.5) is 0 Å². The van der Waals surface area contributed by atoms with Crippen molar-refractivity contribution in [1.82, 2.24) is 0 Å². The largest absolute Gasteiger partial charge is 0.481 e. The first kappa shape index (κ1) is 22.6. The third-order valence-corrected chi connectivity index (χ3v) is 7.07. The van der Waals surface area contributed by atoms with Crippen LogP contribution in [0, 0.1) is 18.8 Å². The van der Waals surface area contributed by atoms with Gasteiger partial charge in [-0.2, -0.15) is 0 Å². The number of ether oxygens (including phenoxy) is 3. The Hall–Kier alpha value is -1.54. The van der Waals surface area contributed by atoms with Crippen molar-refractivity contribution in [1.29, 1.82) is 0 Å². The van der Waals surface area contributed by atoms with Crippen LogP contribution in [0.15, 0.2) is 17.9 Å². The molecule has 1 aromatic rings. The molecule has 31 heavy (non-hydrogen) atoms. The topological polar surface area (TPSA) is 82.1 Å². The number of allylic oxidation sites excluding steroid dienone is 2. The Balaban J connectivity index is 1.82. The summed E-state index contributed by atoms with van der Waals surface area (Å²) in [4.78, 5) is 13.8. The van der Waals surface area contributed by atoms with Gasteiger partial charge in [0.25, 0.3) is 0 Å². The summed E-state index contributed by atoms with van der Waals surface area (Å²) in [5.41, 5.74) is 4.43. The van der Waals surface area contributed by atoms with E-state index in [2.05, 4.69) is 32.9 Å². The normalized spacial score (nSPS) is 30.3. The Morgan fingerprint density at radius 2 is 1.77 bits per heavy atom. The molecular formula is C24H32O6S. The smallest absolute Gasteiger partial charge is 0.191 e. The fourth-order valence-corrected chi connectivity index (χ4v) is 5.89. The second kappa shape index (κ2) is 8.10. The van der Waals surface area contributed by atoms with Gasteiger partial charge in [0.2, 0.25) is 0 Å². The van der Waals surface area contributed by atoms with Gasteiger partial charge in [0.05, 0.1) is 17.8 Å². The predicted molar refractivity (Wildman–Crippen MR) is 119 cm³/mol. The summed E-state index contributed by atoms with van der Waals surface area (Å²) in [6, 6.07) is 4.26. The van der Waals surface area contributed by atoms with E-state index < -0.39 is 22.5 Å². The highest BCUT2D eigenvalue weighted by Crippen LogP contribution is 2.56. The average Bonchev–Trinajstić information content (AvgIpc) is 3.29. The summed E-state index contributed by atoms with van der Waals surface area (Å²) >= 11 is -2.12. The van der Waals surface area contributed by atoms with Crippen molar-refractivity contribution in [3.8, 4) is 0 Å². The molecule has 0 amide bonds. The van der Waals surface area contributed by atoms with Gasteiger partial charge in [-0.05, 0) is 63.1 Å². The van der Waals surface area contributed by atoms with Crippen molar-refractivity contribution in [3.05, 3.63) is 40.1 Å². The third-order valence-electron chi connectivity index (χ3n) is 6.75. The van der Waals surface area contributed by atoms with Crippen molar-refractivity contribution in [2.45, 2.75) is 71.7 Å². The molecule has 4 unspecified atom stereocenters. The lowest BCUT2D eigenvalue weighted by molar-refractivity contribution is -0.161. The van der Waals surface area contributed by atoms with Gasteiger partial charge in [-0.15, -0.1) is 0 Å². The first-order valence-corrected chi connectivity index (χ1v) is 12.3. The van der Waals surface area contributed by atoms with Gasteiger partial charge < -0.3 is 18.8 Å². The summed E-state index contributed by atoms with van der Waals surface area (Å²) in [5, 5.41) is 0. The summed E-state index contributed by atoms with van der Waals surface area (Å²) < 4.78 is 38.8. The highest BCUT2D eigenvalue weighted by molar-refractivity contribution is 7.79. The van der Waals surface area contributed by atoms with E-state index in [4.69, 9.17) is 14.2 Å². The molecule has 4 atom stereocenters. The molecule has 7 heteroatoms. The second-order valence-electron chi connectivity index (χ2n) is 9.45. The SMILES string of the molecule is CCc1cc(C)cc(CC)c1C1=C(OCS(=O)O)C2CC3(COC(C)(C)O3)CC2C1=O. The number of rotatable bonds is 6. The zero-order valence-corrected chi connectivity index (χ0v) is 19.8. The molecule has 170 valence electrons. The minimum absolute atomic E-state index is 0.0576. The maximum Gasteiger partial charge on any atom is 0.191 e. The van der Waals surface area contributed by atoms with Crippen LogP contribution in [0.25, 0.3) is 5.57 Å². The van der Waals surface area contributed by atoms with Crippen molar-refractivity contribution >= 4 is 22.4 Å². The molecule has 0 aromatic heterocycles. The van der Waals surface area contributed by atoms with Crippen molar-refractivity contribution in [2.24, 2.45) is 11.8 Å². The number of hydrogen-bond donors (Lipinski definition) is 1. The number of fused-ring (bicyclic) bond motifs is 1. The monoisotopic (exact) mass is 448 g/mol. The highest BCUT2D eigenvalue weighted by Gasteiger charge is 2.60. The number of benzene rings is 1. The van der Waals surface area contributed by atoms with E-state index >= 15 is 0 Å². The summed E-state index contributed by atoms with van der Waals surface area (Å²) in [7, 11) is 0. The molecule has 2 fully saturated rings. The lowest BCUT2D eigenvalue weighted by atomic mass is 9.86. The third kappa shape index (κ3) is 4.01. The Morgan fingerprint density at radius 3 is 2.29 bits per heavy atom. The van der Waals surface area contributed by atoms with E-state index in [0.717, 1.165) is 29.5 Å². The van der Waals surface area contributed by atoms with Crippen LogP contribution < -0.4 is 0 Å². The second-order valence-corrected chi connectivity index (χ2v) is 10.3. The molecule has 0 bridgehead atoms. The van der Waals surface area contributed by atoms with Crippen LogP contribution in [0.5, 0.6) is 0 Å². The summed E-state index contributed by atoms with van der Waals surface area (Å²) in [6.07, 6.45) is 2.78. The van der Waals surface area contributed by atoms with Gasteiger partial charge in [-0.3, -0.25) is 4.79 Å². The molecule has 1 saturated heterocycles. The Morgan fingerprint density at radius 1 is 1.16 bits per heavy atom. The number of carbonyl (C=O) groups excluding carboxylic acids is 1. The predicted octanol–water partition coefficient (Wildman–Crippen LogP) is 4.16. The van der Waals surface area contributed by atoms with Crippen molar-refractivity contribution in [3.63, 3.8) is 0 Å². The van der Waals surface area contributed by atoms with E-state index in [9.17, 15) is 13.6 Å². The average molecular weight is 449 g/mol. The standard InChI is InChI=1S/C24H32O6S/c1-6-15-8-14(3)9-16(7-2)19(15)20-21(25)17-10-24(12-29-23(4,5)30-24)11-18(17)22(20)28-13-31(26)27/h8-9,17-18H,6-7,10-13H2,1-5H3,(H,26,27). The molecule has 2 aliphatic carbocycles. The molecule has 1 spiro atoms. The molecule has 0 radical (unpaired) electrons. The van der Waals surface area contributed by atoms with Gasteiger partial charge in [0, 0.05) is 11.8 Å². The van der Waals surface area contributed by atoms with Gasteiger partial charge >= 0.3 is 0 Å². The van der Waals surface area contributed by atoms with Crippen LogP contribution in [-0.2, 0) is 42.9 Å². The minimum Gasteiger partial charge on any atom is -0.481 e. The fraction of sp³-hybridized carbons (Fsp3) is 0.625. The Labute approximate surface area is 186 Å². The molecule has 1 N–H and O–H groups in total. The number of hydrogen-bond acceptors (Lipinski definition) is 5. The van der Waals surface area contributed by atoms with Gasteiger partial charge in [-0.25, -0.2) is 4.21 Å². The molecule has 1 saturated carbocycles. The van der Waals surface area contributed by atoms with Gasteiger partial charge in [-0.1, -0.05) is 31.5 Å². The van der Waals surface area contributed by atoms with Gasteiger partial charge in [0.15, 0.2) is 28.6 Å². The number of aryl methyl sites for hydroxylation is 3. The first-order valence-electron chi connectivity index (χ1n) is 11.0. The quantitative estimate of drug-likeness (QED) is 0.658. The van der Waals surface area contributed by atoms with Crippen LogP contribution in [0.1, 0.15) is 62.8 Å². The van der Waals surface area contributed by atoms with Crippen LogP contribution in [0.2, 0.25) is 0 Å². The number of carbonyl (C=O) groups is 1. The summed E-state index contributed by atoms with van der Waals surface area (Å²) in [6.45, 7) is 10.5. The maximum atomic E-state index is 13.8. The number of ketones is 1. The maximum absolute atomic E-state index is 13.8. The van der Waals surface area contributed by atoms with Gasteiger partial charge in [0.1, 0.15) is 5.76 Å². The molecule has 6 nitrogen and oxygen atoms in total. The fourth-order valence-electron chi connectivity index (χ4n) is 5.66. The Kier molecular flexibility index (Phi) is 5.92. The molecule has 4 rings (SSSR count). The van der Waals surface area contributed by atoms with E-state index in [0.29, 0.717) is 30.8 Å². The van der Waals surface area contributed by atoms with Crippen LogP contribution in [-0.4, -0.2) is 38.5 Å². The van der Waals surface area contributed by atoms with E-state index in [-0.39, 0.29) is 23.6 Å². The lowest BCUT2D eigenvalue weighted by Crippen LogP contribution is -2.32. The summed E-state index contributed by atoms with van der Waals surface area (Å²) in [5.74, 6) is -0.841. The van der Waals surface area contributed by atoms with Crippen LogP contribution >= 0.6 is 0 Å². The van der Waals surface area contributed by atoms with E-state index in [1.54, 1.807) is 0 Å². The minimum atomic E-state index is -2.12. The molecule has 1 aliphatic heterocycles. The van der Waals surface area contributed by atoms with Crippen molar-refractivity contribution in [2.75, 3.05) is 12.5 Å². The highest BCUT2D eigenvalue weighted by atomic mass is 32.2. The molecular weight excluding hydrogens is 416 g/mol. The zero-order chi connectivity index (χ0) is 22.6. The lowest BCUT2D eigenvalue weighted by Gasteiger charge is -2.26. The Bertz CT molecular complexity index is 940. The number of Topliss-reactive ketones (excluding diaryl/α,β-unsaturated/α-hetero) is 1. The van der Waals surface area contributed by atoms with Crippen LogP contribution in [0.3, 0.4) is 0 Å².